The summed E-state index contributed by atoms with van der Waals surface area (Å²) in [5.74, 6) is 0.789. The Morgan fingerprint density at radius 1 is 1.08 bits per heavy atom. The molecule has 1 heterocycles. The van der Waals surface area contributed by atoms with Crippen LogP contribution in [0.25, 0.3) is 0 Å². The molecule has 0 amide bonds. The van der Waals surface area contributed by atoms with Crippen LogP contribution in [0.3, 0.4) is 0 Å². The number of hydrogen-bond donors (Lipinski definition) is 1. The van der Waals surface area contributed by atoms with E-state index in [0.29, 0.717) is 6.54 Å². The van der Waals surface area contributed by atoms with Crippen LogP contribution < -0.4 is 9.46 Å². The molecular weight excluding hydrogens is 348 g/mol. The molecule has 140 valence electrons. The quantitative estimate of drug-likeness (QED) is 0.772. The van der Waals surface area contributed by atoms with Gasteiger partial charge in [-0.1, -0.05) is 42.5 Å². The second kappa shape index (κ2) is 8.66. The smallest absolute Gasteiger partial charge is 0.215 e. The molecular formula is C20H26N2O3S. The summed E-state index contributed by atoms with van der Waals surface area (Å²) in [7, 11) is -1.75. The minimum atomic E-state index is -3.39. The first-order valence-corrected chi connectivity index (χ1v) is 10.6. The number of nitrogens with zero attached hydrogens (tertiary/aromatic N) is 1. The zero-order chi connectivity index (χ0) is 18.4. The van der Waals surface area contributed by atoms with Crippen LogP contribution in [0.1, 0.15) is 30.0 Å². The lowest BCUT2D eigenvalue weighted by atomic mass is 10.1. The standard InChI is InChI=1S/C20H26N2O3S/c1-25-19-11-7-10-18(14-19)20(22-12-5-6-13-22)15-21-26(23,24)16-17-8-3-2-4-9-17/h2-4,7-11,14,20-21H,5-6,12-13,15-16H2,1H3. The van der Waals surface area contributed by atoms with Crippen LogP contribution >= 0.6 is 0 Å². The van der Waals surface area contributed by atoms with Crippen molar-refractivity contribution >= 4 is 10.0 Å². The van der Waals surface area contributed by atoms with Crippen LogP contribution in [0.2, 0.25) is 0 Å². The molecule has 0 aromatic heterocycles. The van der Waals surface area contributed by atoms with Crippen molar-refractivity contribution in [1.29, 1.82) is 0 Å². The Morgan fingerprint density at radius 3 is 2.50 bits per heavy atom. The van der Waals surface area contributed by atoms with Crippen LogP contribution in [0.15, 0.2) is 54.6 Å². The van der Waals surface area contributed by atoms with E-state index in [-0.39, 0.29) is 11.8 Å². The van der Waals surface area contributed by atoms with Crippen molar-refractivity contribution < 1.29 is 13.2 Å². The molecule has 0 saturated carbocycles. The van der Waals surface area contributed by atoms with Crippen molar-refractivity contribution in [3.8, 4) is 5.75 Å². The molecule has 1 fully saturated rings. The van der Waals surface area contributed by atoms with E-state index in [1.165, 1.54) is 0 Å². The van der Waals surface area contributed by atoms with Gasteiger partial charge in [0.2, 0.25) is 10.0 Å². The van der Waals surface area contributed by atoms with E-state index in [4.69, 9.17) is 4.74 Å². The SMILES string of the molecule is COc1cccc(C(CNS(=O)(=O)Cc2ccccc2)N2CCCC2)c1. The fourth-order valence-corrected chi connectivity index (χ4v) is 4.56. The van der Waals surface area contributed by atoms with Gasteiger partial charge in [0.25, 0.3) is 0 Å². The Hall–Kier alpha value is -1.89. The second-order valence-electron chi connectivity index (χ2n) is 6.63. The highest BCUT2D eigenvalue weighted by atomic mass is 32.2. The van der Waals surface area contributed by atoms with Crippen molar-refractivity contribution in [3.05, 3.63) is 65.7 Å². The summed E-state index contributed by atoms with van der Waals surface area (Å²) in [6.45, 7) is 2.34. The number of benzene rings is 2. The zero-order valence-corrected chi connectivity index (χ0v) is 15.9. The molecule has 0 aliphatic carbocycles. The van der Waals surface area contributed by atoms with Crippen LogP contribution in [-0.2, 0) is 15.8 Å². The van der Waals surface area contributed by atoms with E-state index < -0.39 is 10.0 Å². The number of ether oxygens (including phenoxy) is 1. The fraction of sp³-hybridized carbons (Fsp3) is 0.400. The van der Waals surface area contributed by atoms with Gasteiger partial charge in [-0.2, -0.15) is 0 Å². The maximum Gasteiger partial charge on any atom is 0.215 e. The number of rotatable bonds is 8. The van der Waals surface area contributed by atoms with Gasteiger partial charge in [-0.3, -0.25) is 4.90 Å². The van der Waals surface area contributed by atoms with Crippen LogP contribution in [0.5, 0.6) is 5.75 Å². The number of likely N-dealkylation sites (tertiary alicyclic amines) is 1. The third-order valence-corrected chi connectivity index (χ3v) is 6.08. The van der Waals surface area contributed by atoms with Gasteiger partial charge < -0.3 is 4.74 Å². The monoisotopic (exact) mass is 374 g/mol. The maximum absolute atomic E-state index is 12.5. The van der Waals surface area contributed by atoms with E-state index in [2.05, 4.69) is 9.62 Å². The lowest BCUT2D eigenvalue weighted by Crippen LogP contribution is -2.37. The van der Waals surface area contributed by atoms with E-state index in [1.807, 2.05) is 54.6 Å². The Morgan fingerprint density at radius 2 is 1.81 bits per heavy atom. The van der Waals surface area contributed by atoms with Crippen molar-refractivity contribution in [2.45, 2.75) is 24.6 Å². The summed E-state index contributed by atoms with van der Waals surface area (Å²) >= 11 is 0. The maximum atomic E-state index is 12.5. The number of sulfonamides is 1. The summed E-state index contributed by atoms with van der Waals surface area (Å²) in [5.41, 5.74) is 1.87. The topological polar surface area (TPSA) is 58.6 Å². The first-order chi connectivity index (χ1) is 12.6. The molecule has 0 spiro atoms. The van der Waals surface area contributed by atoms with Crippen LogP contribution in [-0.4, -0.2) is 40.1 Å². The van der Waals surface area contributed by atoms with Gasteiger partial charge in [0.05, 0.1) is 12.9 Å². The van der Waals surface area contributed by atoms with Gasteiger partial charge in [0, 0.05) is 12.6 Å². The van der Waals surface area contributed by atoms with Crippen LogP contribution in [0.4, 0.5) is 0 Å². The van der Waals surface area contributed by atoms with E-state index in [0.717, 1.165) is 42.8 Å². The Kier molecular flexibility index (Phi) is 6.29. The lowest BCUT2D eigenvalue weighted by Gasteiger charge is -2.28. The Balaban J connectivity index is 1.73. The van der Waals surface area contributed by atoms with E-state index >= 15 is 0 Å². The average Bonchev–Trinajstić information content (AvgIpc) is 3.17. The van der Waals surface area contributed by atoms with Crippen LogP contribution in [0, 0.1) is 0 Å². The van der Waals surface area contributed by atoms with Crippen molar-refractivity contribution in [3.63, 3.8) is 0 Å². The van der Waals surface area contributed by atoms with Crippen molar-refractivity contribution in [1.82, 2.24) is 9.62 Å². The number of nitrogens with one attached hydrogen (secondary N) is 1. The van der Waals surface area contributed by atoms with Gasteiger partial charge in [-0.15, -0.1) is 0 Å². The second-order valence-corrected chi connectivity index (χ2v) is 8.44. The van der Waals surface area contributed by atoms with E-state index in [9.17, 15) is 8.42 Å². The first kappa shape index (κ1) is 18.9. The summed E-state index contributed by atoms with van der Waals surface area (Å²) in [5, 5.41) is 0. The molecule has 0 bridgehead atoms. The molecule has 6 heteroatoms. The summed E-state index contributed by atoms with van der Waals surface area (Å²) < 4.78 is 33.2. The van der Waals surface area contributed by atoms with Crippen molar-refractivity contribution in [2.24, 2.45) is 0 Å². The molecule has 2 aromatic carbocycles. The summed E-state index contributed by atoms with van der Waals surface area (Å²) in [4.78, 5) is 2.35. The highest BCUT2D eigenvalue weighted by Gasteiger charge is 2.25. The van der Waals surface area contributed by atoms with Gasteiger partial charge in [0.1, 0.15) is 5.75 Å². The highest BCUT2D eigenvalue weighted by molar-refractivity contribution is 7.88. The summed E-state index contributed by atoms with van der Waals surface area (Å²) in [6, 6.07) is 17.2. The largest absolute Gasteiger partial charge is 0.497 e. The number of methoxy groups -OCH3 is 1. The van der Waals surface area contributed by atoms with Gasteiger partial charge in [0.15, 0.2) is 0 Å². The van der Waals surface area contributed by atoms with E-state index in [1.54, 1.807) is 7.11 Å². The molecule has 1 N–H and O–H groups in total. The summed E-state index contributed by atoms with van der Waals surface area (Å²) in [6.07, 6.45) is 2.30. The van der Waals surface area contributed by atoms with Gasteiger partial charge >= 0.3 is 0 Å². The molecule has 1 aliphatic rings. The normalized spacial score (nSPS) is 16.5. The lowest BCUT2D eigenvalue weighted by molar-refractivity contribution is 0.246. The first-order valence-electron chi connectivity index (χ1n) is 8.97. The Bertz CT molecular complexity index is 803. The fourth-order valence-electron chi connectivity index (χ4n) is 3.41. The minimum absolute atomic E-state index is 0.00132. The van der Waals surface area contributed by atoms with Gasteiger partial charge in [-0.05, 0) is 49.2 Å². The molecule has 3 rings (SSSR count). The minimum Gasteiger partial charge on any atom is -0.497 e. The predicted octanol–water partition coefficient (Wildman–Crippen LogP) is 2.95. The molecule has 1 atom stereocenters. The van der Waals surface area contributed by atoms with Gasteiger partial charge in [-0.25, -0.2) is 13.1 Å². The third kappa shape index (κ3) is 5.06. The molecule has 1 aliphatic heterocycles. The number of hydrogen-bond acceptors (Lipinski definition) is 4. The molecule has 1 saturated heterocycles. The Labute approximate surface area is 156 Å². The highest BCUT2D eigenvalue weighted by Crippen LogP contribution is 2.27. The molecule has 5 nitrogen and oxygen atoms in total. The molecule has 2 aromatic rings. The predicted molar refractivity (Wildman–Crippen MR) is 104 cm³/mol. The average molecular weight is 375 g/mol. The van der Waals surface area contributed by atoms with Crippen molar-refractivity contribution in [2.75, 3.05) is 26.7 Å². The molecule has 0 radical (unpaired) electrons. The molecule has 1 unspecified atom stereocenters. The third-order valence-electron chi connectivity index (χ3n) is 4.76. The molecule has 26 heavy (non-hydrogen) atoms. The zero-order valence-electron chi connectivity index (χ0n) is 15.1.